The van der Waals surface area contributed by atoms with Crippen LogP contribution in [0, 0.1) is 6.92 Å². The van der Waals surface area contributed by atoms with E-state index in [1.54, 1.807) is 11.8 Å². The lowest BCUT2D eigenvalue weighted by atomic mass is 10.3. The molecule has 5 heteroatoms. The third kappa shape index (κ3) is 1.70. The first-order chi connectivity index (χ1) is 8.29. The van der Waals surface area contributed by atoms with Crippen molar-refractivity contribution in [2.24, 2.45) is 0 Å². The molecule has 0 radical (unpaired) electrons. The van der Waals surface area contributed by atoms with Gasteiger partial charge in [0.05, 0.1) is 18.0 Å². The summed E-state index contributed by atoms with van der Waals surface area (Å²) in [4.78, 5) is 1.23. The van der Waals surface area contributed by atoms with Crippen molar-refractivity contribution >= 4 is 11.8 Å². The molecule has 0 atom stereocenters. The SMILES string of the molecule is CCOc1ccc2c(c1)SCc1nnc(C)n1-2. The van der Waals surface area contributed by atoms with E-state index < -0.39 is 0 Å². The van der Waals surface area contributed by atoms with Crippen molar-refractivity contribution in [1.29, 1.82) is 0 Å². The predicted octanol–water partition coefficient (Wildman–Crippen LogP) is 2.58. The second-order valence-corrected chi connectivity index (χ2v) is 4.87. The van der Waals surface area contributed by atoms with Gasteiger partial charge in [-0.1, -0.05) is 0 Å². The zero-order valence-electron chi connectivity index (χ0n) is 9.80. The van der Waals surface area contributed by atoms with Gasteiger partial charge in [-0.25, -0.2) is 0 Å². The van der Waals surface area contributed by atoms with Crippen molar-refractivity contribution < 1.29 is 4.74 Å². The van der Waals surface area contributed by atoms with Crippen molar-refractivity contribution in [3.8, 4) is 11.4 Å². The Hall–Kier alpha value is -1.49. The predicted molar refractivity (Wildman–Crippen MR) is 66.8 cm³/mol. The molecule has 0 saturated carbocycles. The van der Waals surface area contributed by atoms with E-state index in [0.717, 1.165) is 28.8 Å². The molecular weight excluding hydrogens is 234 g/mol. The number of fused-ring (bicyclic) bond motifs is 3. The van der Waals surface area contributed by atoms with Crippen LogP contribution >= 0.6 is 11.8 Å². The van der Waals surface area contributed by atoms with Crippen LogP contribution in [-0.2, 0) is 5.75 Å². The van der Waals surface area contributed by atoms with E-state index in [9.17, 15) is 0 Å². The van der Waals surface area contributed by atoms with Gasteiger partial charge in [0, 0.05) is 4.90 Å². The number of hydrogen-bond donors (Lipinski definition) is 0. The number of benzene rings is 1. The summed E-state index contributed by atoms with van der Waals surface area (Å²) in [6.45, 7) is 4.67. The van der Waals surface area contributed by atoms with Gasteiger partial charge in [-0.3, -0.25) is 4.57 Å². The second-order valence-electron chi connectivity index (χ2n) is 3.85. The van der Waals surface area contributed by atoms with Crippen LogP contribution in [0.25, 0.3) is 5.69 Å². The van der Waals surface area contributed by atoms with E-state index in [-0.39, 0.29) is 0 Å². The van der Waals surface area contributed by atoms with Crippen molar-refractivity contribution in [2.45, 2.75) is 24.5 Å². The molecular formula is C12H13N3OS. The standard InChI is InChI=1S/C12H13N3OS/c1-3-16-9-4-5-10-11(6-9)17-7-12-14-13-8(2)15(10)12/h4-6H,3,7H2,1-2H3. The molecule has 0 aliphatic carbocycles. The smallest absolute Gasteiger partial charge is 0.148 e. The van der Waals surface area contributed by atoms with Crippen LogP contribution < -0.4 is 4.74 Å². The first-order valence-electron chi connectivity index (χ1n) is 5.60. The lowest BCUT2D eigenvalue weighted by Crippen LogP contribution is -2.08. The third-order valence-electron chi connectivity index (χ3n) is 2.73. The number of nitrogens with zero attached hydrogens (tertiary/aromatic N) is 3. The number of aromatic nitrogens is 3. The molecule has 2 aromatic rings. The number of ether oxygens (including phenoxy) is 1. The van der Waals surface area contributed by atoms with Crippen molar-refractivity contribution in [3.63, 3.8) is 0 Å². The molecule has 3 rings (SSSR count). The fourth-order valence-corrected chi connectivity index (χ4v) is 2.98. The molecule has 2 heterocycles. The van der Waals surface area contributed by atoms with Crippen LogP contribution in [0.2, 0.25) is 0 Å². The molecule has 1 aliphatic heterocycles. The molecule has 0 N–H and O–H groups in total. The first-order valence-corrected chi connectivity index (χ1v) is 6.59. The fraction of sp³-hybridized carbons (Fsp3) is 0.333. The summed E-state index contributed by atoms with van der Waals surface area (Å²) < 4.78 is 7.63. The zero-order valence-corrected chi connectivity index (χ0v) is 10.6. The molecule has 0 fully saturated rings. The van der Waals surface area contributed by atoms with E-state index >= 15 is 0 Å². The lowest BCUT2D eigenvalue weighted by molar-refractivity contribution is 0.339. The molecule has 1 aromatic carbocycles. The molecule has 4 nitrogen and oxygen atoms in total. The van der Waals surface area contributed by atoms with Crippen molar-refractivity contribution in [3.05, 3.63) is 29.8 Å². The summed E-state index contributed by atoms with van der Waals surface area (Å²) >= 11 is 1.78. The molecule has 0 spiro atoms. The minimum atomic E-state index is 0.695. The van der Waals surface area contributed by atoms with Gasteiger partial charge in [-0.15, -0.1) is 22.0 Å². The minimum absolute atomic E-state index is 0.695. The lowest BCUT2D eigenvalue weighted by Gasteiger charge is -2.19. The summed E-state index contributed by atoms with van der Waals surface area (Å²) in [5, 5.41) is 8.30. The highest BCUT2D eigenvalue weighted by Gasteiger charge is 2.20. The van der Waals surface area contributed by atoms with Gasteiger partial charge in [0.2, 0.25) is 0 Å². The third-order valence-corrected chi connectivity index (χ3v) is 3.77. The average molecular weight is 247 g/mol. The molecule has 0 bridgehead atoms. The van der Waals surface area contributed by atoms with E-state index in [4.69, 9.17) is 4.74 Å². The van der Waals surface area contributed by atoms with E-state index in [1.807, 2.05) is 19.9 Å². The summed E-state index contributed by atoms with van der Waals surface area (Å²) in [5.74, 6) is 3.74. The number of hydrogen-bond acceptors (Lipinski definition) is 4. The van der Waals surface area contributed by atoms with Gasteiger partial charge >= 0.3 is 0 Å². The van der Waals surface area contributed by atoms with Gasteiger partial charge in [-0.2, -0.15) is 0 Å². The Morgan fingerprint density at radius 3 is 3.12 bits per heavy atom. The van der Waals surface area contributed by atoms with Crippen LogP contribution in [0.4, 0.5) is 0 Å². The van der Waals surface area contributed by atoms with E-state index in [0.29, 0.717) is 6.61 Å². The van der Waals surface area contributed by atoms with Gasteiger partial charge < -0.3 is 4.74 Å². The number of rotatable bonds is 2. The normalized spacial score (nSPS) is 13.1. The average Bonchev–Trinajstić information content (AvgIpc) is 2.72. The molecule has 0 amide bonds. The maximum absolute atomic E-state index is 5.52. The Morgan fingerprint density at radius 1 is 1.41 bits per heavy atom. The maximum Gasteiger partial charge on any atom is 0.148 e. The Labute approximate surface area is 104 Å². The summed E-state index contributed by atoms with van der Waals surface area (Å²) in [6, 6.07) is 6.16. The summed E-state index contributed by atoms with van der Waals surface area (Å²) in [5.41, 5.74) is 1.15. The monoisotopic (exact) mass is 247 g/mol. The Kier molecular flexibility index (Phi) is 2.55. The second kappa shape index (κ2) is 4.07. The molecule has 0 saturated heterocycles. The number of thioether (sulfide) groups is 1. The van der Waals surface area contributed by atoms with Crippen LogP contribution in [0.15, 0.2) is 23.1 Å². The van der Waals surface area contributed by atoms with Crippen molar-refractivity contribution in [1.82, 2.24) is 14.8 Å². The fourth-order valence-electron chi connectivity index (χ4n) is 2.01. The first kappa shape index (κ1) is 10.7. The molecule has 88 valence electrons. The highest BCUT2D eigenvalue weighted by Crippen LogP contribution is 2.37. The molecule has 17 heavy (non-hydrogen) atoms. The molecule has 1 aromatic heterocycles. The Bertz CT molecular complexity index is 565. The van der Waals surface area contributed by atoms with Crippen LogP contribution in [0.5, 0.6) is 5.75 Å². The van der Waals surface area contributed by atoms with Gasteiger partial charge in [-0.05, 0) is 32.0 Å². The van der Waals surface area contributed by atoms with Gasteiger partial charge in [0.1, 0.15) is 17.4 Å². The van der Waals surface area contributed by atoms with Crippen LogP contribution in [-0.4, -0.2) is 21.4 Å². The van der Waals surface area contributed by atoms with Crippen LogP contribution in [0.3, 0.4) is 0 Å². The Morgan fingerprint density at radius 2 is 2.29 bits per heavy atom. The highest BCUT2D eigenvalue weighted by molar-refractivity contribution is 7.98. The van der Waals surface area contributed by atoms with E-state index in [2.05, 4.69) is 26.9 Å². The highest BCUT2D eigenvalue weighted by atomic mass is 32.2. The molecule has 1 aliphatic rings. The van der Waals surface area contributed by atoms with Gasteiger partial charge in [0.25, 0.3) is 0 Å². The van der Waals surface area contributed by atoms with Crippen molar-refractivity contribution in [2.75, 3.05) is 6.61 Å². The summed E-state index contributed by atoms with van der Waals surface area (Å²) in [7, 11) is 0. The minimum Gasteiger partial charge on any atom is -0.494 e. The van der Waals surface area contributed by atoms with E-state index in [1.165, 1.54) is 4.90 Å². The summed E-state index contributed by atoms with van der Waals surface area (Å²) in [6.07, 6.45) is 0. The number of aryl methyl sites for hydroxylation is 1. The Balaban J connectivity index is 2.11. The quantitative estimate of drug-likeness (QED) is 0.817. The largest absolute Gasteiger partial charge is 0.494 e. The van der Waals surface area contributed by atoms with Crippen LogP contribution in [0.1, 0.15) is 18.6 Å². The molecule has 0 unspecified atom stereocenters. The maximum atomic E-state index is 5.52. The van der Waals surface area contributed by atoms with Gasteiger partial charge in [0.15, 0.2) is 0 Å². The zero-order chi connectivity index (χ0) is 11.8. The topological polar surface area (TPSA) is 39.9 Å².